The third kappa shape index (κ3) is 3.26. The molecule has 0 aromatic heterocycles. The minimum Gasteiger partial charge on any atom is -0.372 e. The van der Waals surface area contributed by atoms with Crippen LogP contribution in [0.5, 0.6) is 0 Å². The largest absolute Gasteiger partial charge is 0.372 e. The normalized spacial score (nSPS) is 18.5. The van der Waals surface area contributed by atoms with E-state index in [9.17, 15) is 9.59 Å². The molecule has 0 saturated carbocycles. The topological polar surface area (TPSA) is 43.9 Å². The monoisotopic (exact) mass is 377 g/mol. The molecule has 28 heavy (non-hydrogen) atoms. The van der Waals surface area contributed by atoms with Gasteiger partial charge in [0.25, 0.3) is 0 Å². The summed E-state index contributed by atoms with van der Waals surface area (Å²) >= 11 is 0. The number of rotatable bonds is 5. The van der Waals surface area contributed by atoms with Crippen molar-refractivity contribution in [3.8, 4) is 0 Å². The third-order valence-corrected chi connectivity index (χ3v) is 5.92. The average Bonchev–Trinajstić information content (AvgIpc) is 3.33. The van der Waals surface area contributed by atoms with Crippen molar-refractivity contribution in [3.63, 3.8) is 0 Å². The maximum absolute atomic E-state index is 13.1. The highest BCUT2D eigenvalue weighted by atomic mass is 16.2. The molecule has 2 aliphatic rings. The fraction of sp³-hybridized carbons (Fsp3) is 0.391. The van der Waals surface area contributed by atoms with Gasteiger partial charge in [-0.2, -0.15) is 0 Å². The van der Waals surface area contributed by atoms with Crippen LogP contribution in [0.25, 0.3) is 0 Å². The van der Waals surface area contributed by atoms with Crippen LogP contribution in [0.4, 0.5) is 17.1 Å². The van der Waals surface area contributed by atoms with E-state index >= 15 is 0 Å². The highest BCUT2D eigenvalue weighted by Gasteiger charge is 2.39. The molecular weight excluding hydrogens is 350 g/mol. The molecular formula is C23H27N3O2. The van der Waals surface area contributed by atoms with Gasteiger partial charge in [-0.25, -0.2) is 0 Å². The fourth-order valence-electron chi connectivity index (χ4n) is 4.34. The zero-order valence-corrected chi connectivity index (χ0v) is 16.6. The summed E-state index contributed by atoms with van der Waals surface area (Å²) in [5, 5.41) is 0. The van der Waals surface area contributed by atoms with E-state index in [1.807, 2.05) is 35.2 Å². The smallest absolute Gasteiger partial charge is 0.232 e. The van der Waals surface area contributed by atoms with E-state index < -0.39 is 0 Å². The van der Waals surface area contributed by atoms with Crippen molar-refractivity contribution in [2.75, 3.05) is 40.9 Å². The zero-order chi connectivity index (χ0) is 19.7. The van der Waals surface area contributed by atoms with Gasteiger partial charge in [0, 0.05) is 49.7 Å². The first-order valence-electron chi connectivity index (χ1n) is 10.2. The summed E-state index contributed by atoms with van der Waals surface area (Å²) in [6.07, 6.45) is 1.18. The molecule has 2 heterocycles. The van der Waals surface area contributed by atoms with Crippen molar-refractivity contribution >= 4 is 28.9 Å². The van der Waals surface area contributed by atoms with Gasteiger partial charge in [-0.05, 0) is 56.2 Å². The predicted molar refractivity (Wildman–Crippen MR) is 113 cm³/mol. The third-order valence-electron chi connectivity index (χ3n) is 5.92. The van der Waals surface area contributed by atoms with Crippen LogP contribution in [0.15, 0.2) is 48.5 Å². The van der Waals surface area contributed by atoms with Gasteiger partial charge in [-0.1, -0.05) is 18.2 Å². The van der Waals surface area contributed by atoms with Gasteiger partial charge in [0.15, 0.2) is 0 Å². The van der Waals surface area contributed by atoms with Crippen LogP contribution in [-0.2, 0) is 16.0 Å². The minimum atomic E-state index is -0.277. The van der Waals surface area contributed by atoms with E-state index in [2.05, 4.69) is 36.9 Å². The highest BCUT2D eigenvalue weighted by molar-refractivity contribution is 6.05. The van der Waals surface area contributed by atoms with Gasteiger partial charge in [-0.15, -0.1) is 0 Å². The van der Waals surface area contributed by atoms with E-state index in [1.54, 1.807) is 4.90 Å². The molecule has 5 heteroatoms. The lowest BCUT2D eigenvalue weighted by molar-refractivity contribution is -0.124. The number of fused-ring (bicyclic) bond motifs is 1. The number of carbonyl (C=O) groups is 2. The number of carbonyl (C=O) groups excluding carboxylic acids is 2. The Balaban J connectivity index is 1.48. The van der Waals surface area contributed by atoms with E-state index in [-0.39, 0.29) is 24.2 Å². The van der Waals surface area contributed by atoms with Crippen LogP contribution in [0.2, 0.25) is 0 Å². The van der Waals surface area contributed by atoms with Gasteiger partial charge in [0.1, 0.15) is 0 Å². The number of hydrogen-bond acceptors (Lipinski definition) is 3. The number of para-hydroxylation sites is 1. The second-order valence-corrected chi connectivity index (χ2v) is 7.46. The summed E-state index contributed by atoms with van der Waals surface area (Å²) in [6, 6.07) is 16.1. The van der Waals surface area contributed by atoms with E-state index in [4.69, 9.17) is 0 Å². The van der Waals surface area contributed by atoms with Crippen molar-refractivity contribution in [2.24, 2.45) is 5.92 Å². The molecule has 0 N–H and O–H groups in total. The molecule has 2 amide bonds. The fourth-order valence-corrected chi connectivity index (χ4v) is 4.34. The molecule has 1 unspecified atom stereocenters. The first kappa shape index (κ1) is 18.5. The van der Waals surface area contributed by atoms with Crippen LogP contribution in [-0.4, -0.2) is 38.0 Å². The molecule has 5 nitrogen and oxygen atoms in total. The van der Waals surface area contributed by atoms with Crippen molar-refractivity contribution < 1.29 is 9.59 Å². The second-order valence-electron chi connectivity index (χ2n) is 7.46. The van der Waals surface area contributed by atoms with E-state index in [0.717, 1.165) is 36.6 Å². The van der Waals surface area contributed by atoms with Crippen LogP contribution in [0.3, 0.4) is 0 Å². The Morgan fingerprint density at radius 1 is 1.07 bits per heavy atom. The van der Waals surface area contributed by atoms with Gasteiger partial charge in [-0.3, -0.25) is 9.59 Å². The van der Waals surface area contributed by atoms with Crippen molar-refractivity contribution in [1.82, 2.24) is 0 Å². The average molecular weight is 377 g/mol. The van der Waals surface area contributed by atoms with E-state index in [0.29, 0.717) is 13.1 Å². The standard InChI is InChI=1S/C23H27N3O2/c1-3-24(4-2)19-9-11-20(12-10-19)26-16-18(15-22(26)27)23(28)25-14-13-17-7-5-6-8-21(17)25/h5-12,18H,3-4,13-16H2,1-2H3. The molecule has 0 aliphatic carbocycles. The Labute approximate surface area is 166 Å². The summed E-state index contributed by atoms with van der Waals surface area (Å²) < 4.78 is 0. The lowest BCUT2D eigenvalue weighted by Gasteiger charge is -2.23. The summed E-state index contributed by atoms with van der Waals surface area (Å²) in [5.74, 6) is -0.178. The number of benzene rings is 2. The summed E-state index contributed by atoms with van der Waals surface area (Å²) in [5.41, 5.74) is 4.24. The zero-order valence-electron chi connectivity index (χ0n) is 16.6. The van der Waals surface area contributed by atoms with Crippen LogP contribution < -0.4 is 14.7 Å². The van der Waals surface area contributed by atoms with E-state index in [1.165, 1.54) is 5.56 Å². The summed E-state index contributed by atoms with van der Waals surface area (Å²) in [4.78, 5) is 31.6. The molecule has 0 bridgehead atoms. The number of hydrogen-bond donors (Lipinski definition) is 0. The van der Waals surface area contributed by atoms with Crippen LogP contribution in [0.1, 0.15) is 25.8 Å². The molecule has 2 aliphatic heterocycles. The lowest BCUT2D eigenvalue weighted by Crippen LogP contribution is -2.36. The van der Waals surface area contributed by atoms with Crippen LogP contribution in [0, 0.1) is 5.92 Å². The van der Waals surface area contributed by atoms with Crippen molar-refractivity contribution in [2.45, 2.75) is 26.7 Å². The number of amides is 2. The molecule has 1 atom stereocenters. The molecule has 1 fully saturated rings. The Kier molecular flexibility index (Phi) is 5.07. The SMILES string of the molecule is CCN(CC)c1ccc(N2CC(C(=O)N3CCc4ccccc43)CC2=O)cc1. The maximum Gasteiger partial charge on any atom is 0.232 e. The lowest BCUT2D eigenvalue weighted by atomic mass is 10.1. The van der Waals surface area contributed by atoms with Crippen molar-refractivity contribution in [3.05, 3.63) is 54.1 Å². The molecule has 1 saturated heterocycles. The second kappa shape index (κ2) is 7.66. The molecule has 146 valence electrons. The molecule has 0 radical (unpaired) electrons. The predicted octanol–water partition coefficient (Wildman–Crippen LogP) is 3.48. The number of anilines is 3. The first-order valence-corrected chi connectivity index (χ1v) is 10.2. The van der Waals surface area contributed by atoms with Gasteiger partial charge < -0.3 is 14.7 Å². The van der Waals surface area contributed by atoms with Crippen LogP contribution >= 0.6 is 0 Å². The summed E-state index contributed by atoms with van der Waals surface area (Å²) in [6.45, 7) is 7.34. The number of nitrogens with zero attached hydrogens (tertiary/aromatic N) is 3. The molecule has 2 aromatic rings. The molecule has 2 aromatic carbocycles. The maximum atomic E-state index is 13.1. The Morgan fingerprint density at radius 3 is 2.50 bits per heavy atom. The van der Waals surface area contributed by atoms with Gasteiger partial charge in [0.05, 0.1) is 5.92 Å². The highest BCUT2D eigenvalue weighted by Crippen LogP contribution is 2.33. The Bertz CT molecular complexity index is 874. The molecule has 0 spiro atoms. The minimum absolute atomic E-state index is 0.0291. The van der Waals surface area contributed by atoms with Gasteiger partial charge in [0.2, 0.25) is 11.8 Å². The Morgan fingerprint density at radius 2 is 1.79 bits per heavy atom. The Hall–Kier alpha value is -2.82. The van der Waals surface area contributed by atoms with Crippen molar-refractivity contribution in [1.29, 1.82) is 0 Å². The summed E-state index contributed by atoms with van der Waals surface area (Å²) in [7, 11) is 0. The molecule has 4 rings (SSSR count). The quantitative estimate of drug-likeness (QED) is 0.801. The van der Waals surface area contributed by atoms with Gasteiger partial charge >= 0.3 is 0 Å². The first-order chi connectivity index (χ1) is 13.6.